The van der Waals surface area contributed by atoms with Gasteiger partial charge in [-0.1, -0.05) is 12.1 Å². The van der Waals surface area contributed by atoms with E-state index in [1.807, 2.05) is 42.6 Å². The van der Waals surface area contributed by atoms with Crippen molar-refractivity contribution >= 4 is 5.91 Å². The number of alkyl halides is 3. The maximum Gasteiger partial charge on any atom is 0.419 e. The number of hydrogen-bond donors (Lipinski definition) is 0. The average molecular weight is 501 g/mol. The van der Waals surface area contributed by atoms with Gasteiger partial charge in [0.05, 0.1) is 23.6 Å². The molecule has 3 aromatic rings. The van der Waals surface area contributed by atoms with E-state index in [0.29, 0.717) is 25.9 Å². The molecule has 1 unspecified atom stereocenters. The second kappa shape index (κ2) is 9.20. The monoisotopic (exact) mass is 500 g/mol. The Morgan fingerprint density at radius 2 is 1.86 bits per heavy atom. The van der Waals surface area contributed by atoms with Gasteiger partial charge in [0, 0.05) is 44.8 Å². The summed E-state index contributed by atoms with van der Waals surface area (Å²) in [6.45, 7) is 2.48. The molecule has 190 valence electrons. The number of fused-ring (bicyclic) bond motifs is 4. The Labute approximate surface area is 207 Å². The number of nitrogens with zero attached hydrogens (tertiary/aromatic N) is 2. The van der Waals surface area contributed by atoms with Crippen LogP contribution in [0.5, 0.6) is 11.5 Å². The molecule has 36 heavy (non-hydrogen) atoms. The molecule has 1 fully saturated rings. The van der Waals surface area contributed by atoms with Gasteiger partial charge in [0.25, 0.3) is 5.91 Å². The molecule has 0 radical (unpaired) electrons. The van der Waals surface area contributed by atoms with Crippen LogP contribution >= 0.6 is 0 Å². The molecule has 3 heterocycles. The van der Waals surface area contributed by atoms with Crippen LogP contribution in [0.4, 0.5) is 13.2 Å². The Hall–Kier alpha value is -3.46. The Balaban J connectivity index is 1.35. The number of ether oxygens (including phenoxy) is 3. The molecule has 1 amide bonds. The third-order valence-electron chi connectivity index (χ3n) is 6.77. The molecule has 1 aromatic heterocycles. The average Bonchev–Trinajstić information content (AvgIpc) is 3.36. The van der Waals surface area contributed by atoms with Crippen molar-refractivity contribution in [2.24, 2.45) is 0 Å². The quantitative estimate of drug-likeness (QED) is 0.469. The highest BCUT2D eigenvalue weighted by Crippen LogP contribution is 2.45. The number of rotatable bonds is 5. The Bertz CT molecular complexity index is 1260. The second-order valence-corrected chi connectivity index (χ2v) is 9.21. The largest absolute Gasteiger partial charge is 0.488 e. The number of piperidine rings is 1. The summed E-state index contributed by atoms with van der Waals surface area (Å²) >= 11 is 0. The van der Waals surface area contributed by atoms with Crippen molar-refractivity contribution in [3.8, 4) is 17.2 Å². The molecule has 2 aliphatic rings. The second-order valence-electron chi connectivity index (χ2n) is 9.21. The zero-order chi connectivity index (χ0) is 25.5. The van der Waals surface area contributed by atoms with Gasteiger partial charge in [-0.15, -0.1) is 0 Å². The number of amides is 1. The lowest BCUT2D eigenvalue weighted by Gasteiger charge is -2.45. The van der Waals surface area contributed by atoms with Gasteiger partial charge in [-0.3, -0.25) is 4.79 Å². The molecular weight excluding hydrogens is 473 g/mol. The smallest absolute Gasteiger partial charge is 0.419 e. The predicted octanol–water partition coefficient (Wildman–Crippen LogP) is 5.43. The van der Waals surface area contributed by atoms with Gasteiger partial charge in [0.2, 0.25) is 0 Å². The molecule has 2 aliphatic heterocycles. The molecule has 0 bridgehead atoms. The number of benzene rings is 2. The minimum Gasteiger partial charge on any atom is -0.488 e. The van der Waals surface area contributed by atoms with Crippen LogP contribution in [0, 0.1) is 0 Å². The van der Waals surface area contributed by atoms with Crippen LogP contribution in [-0.2, 0) is 16.5 Å². The first-order valence-corrected chi connectivity index (χ1v) is 11.8. The lowest BCUT2D eigenvalue weighted by molar-refractivity contribution is -0.139. The first-order valence-electron chi connectivity index (χ1n) is 11.8. The van der Waals surface area contributed by atoms with E-state index in [-0.39, 0.29) is 17.9 Å². The molecule has 9 heteroatoms. The number of halogens is 3. The van der Waals surface area contributed by atoms with Gasteiger partial charge >= 0.3 is 6.18 Å². The van der Waals surface area contributed by atoms with Crippen molar-refractivity contribution < 1.29 is 32.2 Å². The van der Waals surface area contributed by atoms with Crippen LogP contribution in [0.1, 0.15) is 41.4 Å². The van der Waals surface area contributed by atoms with Crippen LogP contribution in [-0.4, -0.2) is 48.3 Å². The fourth-order valence-electron chi connectivity index (χ4n) is 5.05. The van der Waals surface area contributed by atoms with E-state index in [1.165, 1.54) is 19.2 Å². The zero-order valence-corrected chi connectivity index (χ0v) is 20.0. The summed E-state index contributed by atoms with van der Waals surface area (Å²) in [6.07, 6.45) is -2.20. The van der Waals surface area contributed by atoms with Crippen molar-refractivity contribution in [3.05, 3.63) is 77.6 Å². The summed E-state index contributed by atoms with van der Waals surface area (Å²) in [6, 6.07) is 15.2. The summed E-state index contributed by atoms with van der Waals surface area (Å²) in [7, 11) is 1.45. The summed E-state index contributed by atoms with van der Waals surface area (Å²) in [5.41, 5.74) is 0.377. The van der Waals surface area contributed by atoms with E-state index in [0.717, 1.165) is 23.2 Å². The van der Waals surface area contributed by atoms with Gasteiger partial charge in [0.15, 0.2) is 5.60 Å². The van der Waals surface area contributed by atoms with Crippen molar-refractivity contribution in [1.82, 2.24) is 9.47 Å². The minimum absolute atomic E-state index is 0.0247. The standard InChI is InChI=1S/C27H27F3N2O4/c1-18(17-34-2)35-22-10-9-19(16-20(22)27(28,29)30)25(33)31-14-11-26(12-15-31)24-8-5-13-32(24)21-6-3-4-7-23(21)36-26/h3-10,13,16,18H,11-12,14-15,17H2,1-2H3. The van der Waals surface area contributed by atoms with Crippen molar-refractivity contribution in [2.45, 2.75) is 37.6 Å². The van der Waals surface area contributed by atoms with Gasteiger partial charge in [-0.25, -0.2) is 0 Å². The fourth-order valence-corrected chi connectivity index (χ4v) is 5.05. The van der Waals surface area contributed by atoms with Crippen LogP contribution in [0.15, 0.2) is 60.8 Å². The SMILES string of the molecule is COCC(C)Oc1ccc(C(=O)N2CCC3(CC2)Oc2ccccc2-n2cccc23)cc1C(F)(F)F. The van der Waals surface area contributed by atoms with Gasteiger partial charge in [-0.2, -0.15) is 13.2 Å². The molecule has 5 rings (SSSR count). The van der Waals surface area contributed by atoms with E-state index < -0.39 is 29.4 Å². The number of carbonyl (C=O) groups excluding carboxylic acids is 1. The number of likely N-dealkylation sites (tertiary alicyclic amines) is 1. The molecule has 2 aromatic carbocycles. The molecule has 0 aliphatic carbocycles. The number of carbonyl (C=O) groups is 1. The topological polar surface area (TPSA) is 52.9 Å². The van der Waals surface area contributed by atoms with Gasteiger partial charge in [-0.05, 0) is 49.4 Å². The van der Waals surface area contributed by atoms with Crippen molar-refractivity contribution in [1.29, 1.82) is 0 Å². The summed E-state index contributed by atoms with van der Waals surface area (Å²) < 4.78 is 60.3. The van der Waals surface area contributed by atoms with Crippen molar-refractivity contribution in [3.63, 3.8) is 0 Å². The number of methoxy groups -OCH3 is 1. The van der Waals surface area contributed by atoms with Gasteiger partial charge in [0.1, 0.15) is 17.6 Å². The maximum absolute atomic E-state index is 13.8. The minimum atomic E-state index is -4.67. The lowest BCUT2D eigenvalue weighted by atomic mass is 9.86. The Morgan fingerprint density at radius 1 is 1.11 bits per heavy atom. The molecule has 0 N–H and O–H groups in total. The first-order chi connectivity index (χ1) is 17.2. The number of aromatic nitrogens is 1. The van der Waals surface area contributed by atoms with Crippen molar-refractivity contribution in [2.75, 3.05) is 26.8 Å². The molecule has 0 saturated carbocycles. The van der Waals surface area contributed by atoms with Gasteiger partial charge < -0.3 is 23.7 Å². The van der Waals surface area contributed by atoms with E-state index in [1.54, 1.807) is 11.8 Å². The van der Waals surface area contributed by atoms with E-state index in [4.69, 9.17) is 14.2 Å². The zero-order valence-electron chi connectivity index (χ0n) is 20.0. The summed E-state index contributed by atoms with van der Waals surface area (Å²) in [5.74, 6) is 0.00347. The Kier molecular flexibility index (Phi) is 6.20. The van der Waals surface area contributed by atoms with Crippen LogP contribution in [0.25, 0.3) is 5.69 Å². The van der Waals surface area contributed by atoms with E-state index >= 15 is 0 Å². The third-order valence-corrected chi connectivity index (χ3v) is 6.77. The predicted molar refractivity (Wildman–Crippen MR) is 127 cm³/mol. The highest BCUT2D eigenvalue weighted by molar-refractivity contribution is 5.94. The number of hydrogen-bond acceptors (Lipinski definition) is 4. The number of para-hydroxylation sites is 2. The molecular formula is C27H27F3N2O4. The normalized spacial score (nSPS) is 17.2. The lowest BCUT2D eigenvalue weighted by Crippen LogP contribution is -2.50. The third kappa shape index (κ3) is 4.32. The first kappa shape index (κ1) is 24.2. The molecule has 1 atom stereocenters. The van der Waals surface area contributed by atoms with Crippen LogP contribution < -0.4 is 9.47 Å². The highest BCUT2D eigenvalue weighted by atomic mass is 19.4. The van der Waals surface area contributed by atoms with Crippen LogP contribution in [0.3, 0.4) is 0 Å². The summed E-state index contributed by atoms with van der Waals surface area (Å²) in [5, 5.41) is 0. The summed E-state index contributed by atoms with van der Waals surface area (Å²) in [4.78, 5) is 14.8. The van der Waals surface area contributed by atoms with E-state index in [9.17, 15) is 18.0 Å². The highest BCUT2D eigenvalue weighted by Gasteiger charge is 2.45. The Morgan fingerprint density at radius 3 is 2.58 bits per heavy atom. The molecule has 6 nitrogen and oxygen atoms in total. The van der Waals surface area contributed by atoms with E-state index in [2.05, 4.69) is 4.57 Å². The molecule has 1 spiro atoms. The fraction of sp³-hybridized carbons (Fsp3) is 0.370. The molecule has 1 saturated heterocycles. The van der Waals surface area contributed by atoms with Crippen LogP contribution in [0.2, 0.25) is 0 Å². The maximum atomic E-state index is 13.8.